The van der Waals surface area contributed by atoms with Crippen LogP contribution in [0.5, 0.6) is 0 Å². The Labute approximate surface area is 139 Å². The highest BCUT2D eigenvalue weighted by Crippen LogP contribution is 2.27. The van der Waals surface area contributed by atoms with Gasteiger partial charge in [0.05, 0.1) is 6.04 Å². The van der Waals surface area contributed by atoms with Gasteiger partial charge in [-0.25, -0.2) is 4.79 Å². The molecule has 3 atom stereocenters. The monoisotopic (exact) mass is 315 g/mol. The van der Waals surface area contributed by atoms with Crippen molar-refractivity contribution in [1.82, 2.24) is 15.5 Å². The van der Waals surface area contributed by atoms with Crippen LogP contribution in [0.3, 0.4) is 0 Å². The molecule has 0 aromatic heterocycles. The zero-order valence-corrected chi connectivity index (χ0v) is 14.3. The second-order valence-electron chi connectivity index (χ2n) is 7.24. The number of nitrogens with zero attached hydrogens (tertiary/aromatic N) is 1. The normalized spacial score (nSPS) is 25.9. The number of carbonyl (C=O) groups excluding carboxylic acids is 1. The molecule has 3 unspecified atom stereocenters. The molecule has 0 bridgehead atoms. The fourth-order valence-corrected chi connectivity index (χ4v) is 4.06. The molecule has 0 spiro atoms. The van der Waals surface area contributed by atoms with Crippen molar-refractivity contribution in [2.24, 2.45) is 5.92 Å². The van der Waals surface area contributed by atoms with Crippen LogP contribution in [-0.2, 0) is 0 Å². The zero-order chi connectivity index (χ0) is 16.2. The molecule has 1 aromatic rings. The highest BCUT2D eigenvalue weighted by Gasteiger charge is 2.36. The second kappa shape index (κ2) is 7.35. The van der Waals surface area contributed by atoms with Gasteiger partial charge in [0.25, 0.3) is 0 Å². The summed E-state index contributed by atoms with van der Waals surface area (Å²) < 4.78 is 0. The number of piperidine rings is 1. The molecule has 2 fully saturated rings. The molecule has 3 rings (SSSR count). The fourth-order valence-electron chi connectivity index (χ4n) is 4.06. The third-order valence-corrected chi connectivity index (χ3v) is 5.28. The summed E-state index contributed by atoms with van der Waals surface area (Å²) in [5, 5.41) is 6.43. The second-order valence-corrected chi connectivity index (χ2v) is 7.24. The van der Waals surface area contributed by atoms with Gasteiger partial charge in [-0.1, -0.05) is 50.6 Å². The number of rotatable bonds is 4. The topological polar surface area (TPSA) is 44.4 Å². The van der Waals surface area contributed by atoms with Gasteiger partial charge in [-0.05, 0) is 37.3 Å². The van der Waals surface area contributed by atoms with Crippen LogP contribution in [0.2, 0.25) is 0 Å². The Morgan fingerprint density at radius 3 is 2.65 bits per heavy atom. The van der Waals surface area contributed by atoms with E-state index in [1.807, 2.05) is 18.2 Å². The van der Waals surface area contributed by atoms with Gasteiger partial charge in [0.15, 0.2) is 0 Å². The van der Waals surface area contributed by atoms with Crippen molar-refractivity contribution < 1.29 is 4.79 Å². The van der Waals surface area contributed by atoms with E-state index in [4.69, 9.17) is 0 Å². The summed E-state index contributed by atoms with van der Waals surface area (Å²) in [6.45, 7) is 6.62. The zero-order valence-electron chi connectivity index (χ0n) is 14.3. The standard InChI is InChI=1S/C19H29N3O/c1-14(2)18(15-8-4-3-5-9-15)21-19(23)20-16-11-13-22-12-7-6-10-17(16)22/h3-5,8-9,14,16-18H,6-7,10-13H2,1-2H3,(H2,20,21,23). The highest BCUT2D eigenvalue weighted by atomic mass is 16.2. The Hall–Kier alpha value is -1.55. The first-order chi connectivity index (χ1) is 11.1. The lowest BCUT2D eigenvalue weighted by molar-refractivity contribution is 0.178. The summed E-state index contributed by atoms with van der Waals surface area (Å²) >= 11 is 0. The molecule has 0 saturated carbocycles. The molecule has 23 heavy (non-hydrogen) atoms. The molecule has 2 amide bonds. The van der Waals surface area contributed by atoms with Crippen LogP contribution in [0.15, 0.2) is 30.3 Å². The molecule has 0 aliphatic carbocycles. The molecular formula is C19H29N3O. The van der Waals surface area contributed by atoms with Crippen LogP contribution < -0.4 is 10.6 Å². The molecular weight excluding hydrogens is 286 g/mol. The highest BCUT2D eigenvalue weighted by molar-refractivity contribution is 5.75. The van der Waals surface area contributed by atoms with E-state index >= 15 is 0 Å². The van der Waals surface area contributed by atoms with Crippen molar-refractivity contribution in [3.05, 3.63) is 35.9 Å². The van der Waals surface area contributed by atoms with Crippen molar-refractivity contribution in [3.8, 4) is 0 Å². The van der Waals surface area contributed by atoms with Gasteiger partial charge in [0, 0.05) is 18.6 Å². The molecule has 2 aliphatic rings. The molecule has 4 heteroatoms. The van der Waals surface area contributed by atoms with E-state index in [2.05, 4.69) is 41.5 Å². The lowest BCUT2D eigenvalue weighted by atomic mass is 9.96. The van der Waals surface area contributed by atoms with Gasteiger partial charge in [0.1, 0.15) is 0 Å². The minimum Gasteiger partial charge on any atom is -0.334 e. The van der Waals surface area contributed by atoms with E-state index in [1.165, 1.54) is 31.4 Å². The summed E-state index contributed by atoms with van der Waals surface area (Å²) in [6, 6.07) is 11.1. The summed E-state index contributed by atoms with van der Waals surface area (Å²) in [6.07, 6.45) is 4.89. The van der Waals surface area contributed by atoms with E-state index in [-0.39, 0.29) is 12.1 Å². The summed E-state index contributed by atoms with van der Waals surface area (Å²) in [5.41, 5.74) is 1.17. The van der Waals surface area contributed by atoms with E-state index in [1.54, 1.807) is 0 Å². The van der Waals surface area contributed by atoms with Crippen LogP contribution in [0.4, 0.5) is 4.79 Å². The first-order valence-electron chi connectivity index (χ1n) is 9.01. The Morgan fingerprint density at radius 1 is 1.13 bits per heavy atom. The third-order valence-electron chi connectivity index (χ3n) is 5.28. The van der Waals surface area contributed by atoms with Crippen LogP contribution in [0, 0.1) is 5.92 Å². The molecule has 1 aromatic carbocycles. The Balaban J connectivity index is 1.59. The number of hydrogen-bond acceptors (Lipinski definition) is 2. The molecule has 2 aliphatic heterocycles. The molecule has 2 heterocycles. The average molecular weight is 315 g/mol. The van der Waals surface area contributed by atoms with Crippen LogP contribution >= 0.6 is 0 Å². The van der Waals surface area contributed by atoms with E-state index in [9.17, 15) is 4.79 Å². The molecule has 0 radical (unpaired) electrons. The van der Waals surface area contributed by atoms with Gasteiger partial charge in [-0.2, -0.15) is 0 Å². The maximum Gasteiger partial charge on any atom is 0.315 e. The predicted molar refractivity (Wildman–Crippen MR) is 93.3 cm³/mol. The molecule has 4 nitrogen and oxygen atoms in total. The van der Waals surface area contributed by atoms with Crippen LogP contribution in [-0.4, -0.2) is 36.1 Å². The molecule has 2 saturated heterocycles. The Morgan fingerprint density at radius 2 is 1.91 bits per heavy atom. The summed E-state index contributed by atoms with van der Waals surface area (Å²) in [4.78, 5) is 15.1. The number of nitrogens with one attached hydrogen (secondary N) is 2. The average Bonchev–Trinajstić information content (AvgIpc) is 2.96. The number of benzene rings is 1. The first kappa shape index (κ1) is 16.3. The minimum atomic E-state index is -0.0232. The largest absolute Gasteiger partial charge is 0.334 e. The van der Waals surface area contributed by atoms with Crippen molar-refractivity contribution in [2.45, 2.75) is 57.7 Å². The van der Waals surface area contributed by atoms with E-state index in [0.717, 1.165) is 13.0 Å². The van der Waals surface area contributed by atoms with Crippen molar-refractivity contribution in [1.29, 1.82) is 0 Å². The van der Waals surface area contributed by atoms with E-state index in [0.29, 0.717) is 18.0 Å². The van der Waals surface area contributed by atoms with Crippen LogP contribution in [0.1, 0.15) is 51.1 Å². The smallest absolute Gasteiger partial charge is 0.315 e. The quantitative estimate of drug-likeness (QED) is 0.895. The first-order valence-corrected chi connectivity index (χ1v) is 9.01. The number of urea groups is 1. The number of hydrogen-bond donors (Lipinski definition) is 2. The SMILES string of the molecule is CC(C)C(NC(=O)NC1CCN2CCCCC12)c1ccccc1. The van der Waals surface area contributed by atoms with E-state index < -0.39 is 0 Å². The maximum atomic E-state index is 12.5. The van der Waals surface area contributed by atoms with Gasteiger partial charge >= 0.3 is 6.03 Å². The predicted octanol–water partition coefficient (Wildman–Crippen LogP) is 3.31. The number of amides is 2. The summed E-state index contributed by atoms with van der Waals surface area (Å²) in [7, 11) is 0. The van der Waals surface area contributed by atoms with Gasteiger partial charge in [-0.3, -0.25) is 4.90 Å². The van der Waals surface area contributed by atoms with Crippen molar-refractivity contribution in [2.75, 3.05) is 13.1 Å². The van der Waals surface area contributed by atoms with Gasteiger partial charge in [0.2, 0.25) is 0 Å². The molecule has 2 N–H and O–H groups in total. The maximum absolute atomic E-state index is 12.5. The third kappa shape index (κ3) is 3.86. The number of carbonyl (C=O) groups is 1. The lowest BCUT2D eigenvalue weighted by Crippen LogP contribution is -2.50. The van der Waals surface area contributed by atoms with Crippen molar-refractivity contribution in [3.63, 3.8) is 0 Å². The molecule has 126 valence electrons. The minimum absolute atomic E-state index is 0.0232. The van der Waals surface area contributed by atoms with Gasteiger partial charge < -0.3 is 10.6 Å². The van der Waals surface area contributed by atoms with Crippen LogP contribution in [0.25, 0.3) is 0 Å². The fraction of sp³-hybridized carbons (Fsp3) is 0.632. The van der Waals surface area contributed by atoms with Gasteiger partial charge in [-0.15, -0.1) is 0 Å². The lowest BCUT2D eigenvalue weighted by Gasteiger charge is -2.33. The van der Waals surface area contributed by atoms with Crippen molar-refractivity contribution >= 4 is 6.03 Å². The number of fused-ring (bicyclic) bond motifs is 1. The Bertz CT molecular complexity index is 517. The summed E-state index contributed by atoms with van der Waals surface area (Å²) in [5.74, 6) is 0.359. The Kier molecular flexibility index (Phi) is 5.21.